The van der Waals surface area contributed by atoms with Gasteiger partial charge >= 0.3 is 0 Å². The molecule has 10 aromatic carbocycles. The van der Waals surface area contributed by atoms with Crippen LogP contribution in [0.2, 0.25) is 0 Å². The molecule has 0 heterocycles. The van der Waals surface area contributed by atoms with Crippen LogP contribution in [-0.4, -0.2) is 0 Å². The lowest BCUT2D eigenvalue weighted by Gasteiger charge is -2.35. The molecule has 63 heavy (non-hydrogen) atoms. The predicted octanol–water partition coefficient (Wildman–Crippen LogP) is 15.5. The largest absolute Gasteiger partial charge is 0.309 e. The summed E-state index contributed by atoms with van der Waals surface area (Å²) in [6.45, 7) is 0. The van der Waals surface area contributed by atoms with Crippen molar-refractivity contribution in [1.29, 1.82) is 0 Å². The Kier molecular flexibility index (Phi) is 5.91. The number of anilines is 3. The molecule has 1 nitrogen and oxygen atoms in total. The maximum absolute atomic E-state index is 9.68. The van der Waals surface area contributed by atoms with E-state index in [1.807, 2.05) is 60.7 Å². The zero-order valence-corrected chi connectivity index (χ0v) is 33.8. The lowest BCUT2D eigenvalue weighted by Crippen LogP contribution is -2.28. The number of hydrogen-bond donors (Lipinski definition) is 0. The van der Waals surface area contributed by atoms with E-state index in [9.17, 15) is 5.48 Å². The van der Waals surface area contributed by atoms with E-state index in [-0.39, 0.29) is 11.1 Å². The third kappa shape index (κ3) is 4.82. The van der Waals surface area contributed by atoms with Crippen LogP contribution >= 0.6 is 0 Å². The second-order valence-corrected chi connectivity index (χ2v) is 16.3. The van der Waals surface area contributed by atoms with E-state index in [0.717, 1.165) is 44.8 Å². The number of benzene rings is 10. The van der Waals surface area contributed by atoms with Gasteiger partial charge < -0.3 is 4.90 Å². The summed E-state index contributed by atoms with van der Waals surface area (Å²) >= 11 is 0. The van der Waals surface area contributed by atoms with Crippen LogP contribution in [0.5, 0.6) is 0 Å². The fraction of sp³-hybridized carbons (Fsp3) is 0.0323. The van der Waals surface area contributed by atoms with Crippen molar-refractivity contribution in [2.24, 2.45) is 0 Å². The third-order valence-electron chi connectivity index (χ3n) is 13.5. The minimum absolute atomic E-state index is 0.216. The topological polar surface area (TPSA) is 3.24 Å². The Bertz CT molecular complexity index is 3840. The highest BCUT2D eigenvalue weighted by atomic mass is 15.1. The molecule has 0 aromatic heterocycles. The molecular weight excluding hydrogens is 759 g/mol. The number of nitrogens with zero attached hydrogens (tertiary/aromatic N) is 1. The molecule has 0 N–H and O–H groups in total. The molecule has 0 saturated carbocycles. The minimum atomic E-state index is -2.03. The van der Waals surface area contributed by atoms with Crippen molar-refractivity contribution >= 4 is 17.1 Å². The number of rotatable bonds is 6. The number of fused-ring (bicyclic) bond motifs is 13. The van der Waals surface area contributed by atoms with Crippen LogP contribution in [0.1, 0.15) is 58.2 Å². The van der Waals surface area contributed by atoms with Gasteiger partial charge in [0.1, 0.15) is 0 Å². The van der Waals surface area contributed by atoms with Gasteiger partial charge in [0.15, 0.2) is 0 Å². The number of hydrogen-bond acceptors (Lipinski definition) is 1. The van der Waals surface area contributed by atoms with Crippen LogP contribution < -0.4 is 4.90 Å². The molecule has 0 radical (unpaired) electrons. The van der Waals surface area contributed by atoms with Gasteiger partial charge in [0.05, 0.1) is 35.9 Å². The second kappa shape index (κ2) is 13.8. The first-order chi connectivity index (χ1) is 35.4. The first-order valence-corrected chi connectivity index (χ1v) is 21.2. The first-order valence-electron chi connectivity index (χ1n) is 26.2. The standard InChI is InChI=1S/C62H41N/c1-4-21-42(22-5-1)46-27-14-19-37-58(46)63(45-39-40-50-49-30-10-15-32-52(49)61(57(50)41-45,43-23-6-2-7-24-43)44-25-8-3-9-26-44)59-38-20-36-56-60(59)51-31-13-18-35-55(51)62(56)53-33-16-11-28-47(53)48-29-12-17-34-54(48)62/h1-41H/i2D,3D,6D,7D,8D,9D,23D,24D,25D,26D. The Balaban J connectivity index is 1.19. The SMILES string of the molecule is [2H]c1c([2H])c([2H])c(C2(c3c([2H])c([2H])c([2H])c([2H])c3[2H])c3ccccc3-c3ccc(N(c4ccccc4-c4ccccc4)c4cccc5c4-c4ccccc4C54c5ccccc5-c5ccccc54)cc32)c([2H])c1[2H]. The average Bonchev–Trinajstić information content (AvgIpc) is 4.04. The van der Waals surface area contributed by atoms with Crippen molar-refractivity contribution in [1.82, 2.24) is 0 Å². The molecule has 3 aliphatic carbocycles. The van der Waals surface area contributed by atoms with Gasteiger partial charge in [-0.1, -0.05) is 224 Å². The predicted molar refractivity (Wildman–Crippen MR) is 260 cm³/mol. The molecule has 0 atom stereocenters. The quantitative estimate of drug-likeness (QED) is 0.162. The van der Waals surface area contributed by atoms with Gasteiger partial charge in [0.2, 0.25) is 0 Å². The molecule has 0 aliphatic heterocycles. The van der Waals surface area contributed by atoms with Gasteiger partial charge in [-0.2, -0.15) is 0 Å². The van der Waals surface area contributed by atoms with E-state index in [0.29, 0.717) is 27.9 Å². The van der Waals surface area contributed by atoms with Gasteiger partial charge in [-0.05, 0) is 102 Å². The maximum Gasteiger partial charge on any atom is 0.0726 e. The van der Waals surface area contributed by atoms with Gasteiger partial charge in [-0.15, -0.1) is 0 Å². The van der Waals surface area contributed by atoms with Gasteiger partial charge in [0, 0.05) is 16.8 Å². The molecule has 0 bridgehead atoms. The van der Waals surface area contributed by atoms with Crippen molar-refractivity contribution < 1.29 is 13.7 Å². The van der Waals surface area contributed by atoms with Crippen LogP contribution in [0.15, 0.2) is 248 Å². The van der Waals surface area contributed by atoms with Crippen molar-refractivity contribution in [3.05, 3.63) is 293 Å². The Labute approximate surface area is 382 Å². The molecule has 0 fully saturated rings. The van der Waals surface area contributed by atoms with Crippen molar-refractivity contribution in [3.63, 3.8) is 0 Å². The van der Waals surface area contributed by atoms with Crippen molar-refractivity contribution in [2.75, 3.05) is 4.90 Å². The van der Waals surface area contributed by atoms with Crippen LogP contribution in [0.3, 0.4) is 0 Å². The van der Waals surface area contributed by atoms with E-state index < -0.39 is 71.3 Å². The van der Waals surface area contributed by atoms with E-state index >= 15 is 0 Å². The Morgan fingerprint density at radius 1 is 0.317 bits per heavy atom. The second-order valence-electron chi connectivity index (χ2n) is 16.3. The number of para-hydroxylation sites is 1. The molecule has 10 aromatic rings. The third-order valence-corrected chi connectivity index (χ3v) is 13.5. The fourth-order valence-electron chi connectivity index (χ4n) is 11.2. The van der Waals surface area contributed by atoms with Crippen molar-refractivity contribution in [3.8, 4) is 44.5 Å². The van der Waals surface area contributed by atoms with Crippen molar-refractivity contribution in [2.45, 2.75) is 10.8 Å². The fourth-order valence-corrected chi connectivity index (χ4v) is 11.2. The van der Waals surface area contributed by atoms with E-state index in [4.69, 9.17) is 8.22 Å². The summed E-state index contributed by atoms with van der Waals surface area (Å²) in [6, 6.07) is 58.1. The summed E-state index contributed by atoms with van der Waals surface area (Å²) in [4.78, 5) is 2.22. The smallest absolute Gasteiger partial charge is 0.0726 e. The zero-order valence-electron chi connectivity index (χ0n) is 43.8. The summed E-state index contributed by atoms with van der Waals surface area (Å²) in [5.74, 6) is 0. The average molecular weight is 810 g/mol. The lowest BCUT2D eigenvalue weighted by molar-refractivity contribution is 0.768. The van der Waals surface area contributed by atoms with Crippen LogP contribution in [0, 0.1) is 0 Å². The Hall–Kier alpha value is -8.00. The molecule has 1 heteroatoms. The van der Waals surface area contributed by atoms with E-state index in [1.165, 1.54) is 22.3 Å². The monoisotopic (exact) mass is 809 g/mol. The minimum Gasteiger partial charge on any atom is -0.309 e. The molecule has 3 aliphatic rings. The summed E-state index contributed by atoms with van der Waals surface area (Å²) in [5, 5.41) is 0. The summed E-state index contributed by atoms with van der Waals surface area (Å²) in [7, 11) is 0. The maximum atomic E-state index is 9.68. The lowest BCUT2D eigenvalue weighted by atomic mass is 9.67. The Morgan fingerprint density at radius 2 is 0.762 bits per heavy atom. The highest BCUT2D eigenvalue weighted by Crippen LogP contribution is 2.65. The molecular formula is C62H41N. The van der Waals surface area contributed by atoms with Gasteiger partial charge in [-0.3, -0.25) is 0 Å². The summed E-state index contributed by atoms with van der Waals surface area (Å²) < 4.78 is 92.4. The first kappa shape index (κ1) is 27.1. The highest BCUT2D eigenvalue weighted by molar-refractivity contribution is 6.03. The van der Waals surface area contributed by atoms with E-state index in [1.54, 1.807) is 12.1 Å². The van der Waals surface area contributed by atoms with E-state index in [2.05, 4.69) is 120 Å². The van der Waals surface area contributed by atoms with Gasteiger partial charge in [0.25, 0.3) is 0 Å². The molecule has 294 valence electrons. The zero-order chi connectivity index (χ0) is 50.2. The molecule has 0 unspecified atom stereocenters. The van der Waals surface area contributed by atoms with Crippen LogP contribution in [-0.2, 0) is 10.8 Å². The normalized spacial score (nSPS) is 16.2. The van der Waals surface area contributed by atoms with Crippen LogP contribution in [0.4, 0.5) is 17.1 Å². The Morgan fingerprint density at radius 3 is 1.37 bits per heavy atom. The summed E-state index contributed by atoms with van der Waals surface area (Å²) in [6.07, 6.45) is 0. The summed E-state index contributed by atoms with van der Waals surface area (Å²) in [5.41, 5.74) is 12.2. The van der Waals surface area contributed by atoms with Crippen LogP contribution in [0.25, 0.3) is 44.5 Å². The molecule has 0 saturated heterocycles. The molecule has 1 spiro atoms. The molecule has 13 rings (SSSR count). The van der Waals surface area contributed by atoms with Gasteiger partial charge in [-0.25, -0.2) is 0 Å². The highest BCUT2D eigenvalue weighted by Gasteiger charge is 2.53. The molecule has 0 amide bonds.